The van der Waals surface area contributed by atoms with Gasteiger partial charge in [0.25, 0.3) is 6.01 Å². The highest BCUT2D eigenvalue weighted by molar-refractivity contribution is 5.59. The highest BCUT2D eigenvalue weighted by Gasteiger charge is 2.31. The molecule has 8 heteroatoms. The Hall–Kier alpha value is -2.53. The molecule has 2 heterocycles. The molecule has 0 bridgehead atoms. The Kier molecular flexibility index (Phi) is 3.50. The van der Waals surface area contributed by atoms with Crippen LogP contribution in [0.4, 0.5) is 19.2 Å². The van der Waals surface area contributed by atoms with Crippen molar-refractivity contribution in [2.75, 3.05) is 11.9 Å². The lowest BCUT2D eigenvalue weighted by Crippen LogP contribution is -2.56. The Labute approximate surface area is 123 Å². The smallest absolute Gasteiger partial charge is 0.416 e. The first-order chi connectivity index (χ1) is 10.5. The molecule has 1 aliphatic heterocycles. The minimum absolute atomic E-state index is 0.165. The zero-order valence-corrected chi connectivity index (χ0v) is 11.2. The van der Waals surface area contributed by atoms with Crippen LogP contribution in [-0.4, -0.2) is 17.7 Å². The van der Waals surface area contributed by atoms with Gasteiger partial charge in [-0.3, -0.25) is 5.32 Å². The van der Waals surface area contributed by atoms with E-state index in [2.05, 4.69) is 21.7 Å². The van der Waals surface area contributed by atoms with Crippen molar-refractivity contribution in [3.8, 4) is 17.3 Å². The number of hydrogen-bond donors (Lipinski definition) is 2. The molecule has 1 aromatic carbocycles. The maximum atomic E-state index is 12.5. The van der Waals surface area contributed by atoms with E-state index in [1.165, 1.54) is 18.4 Å². The van der Waals surface area contributed by atoms with Crippen LogP contribution >= 0.6 is 0 Å². The number of oxazole rings is 1. The van der Waals surface area contributed by atoms with Crippen LogP contribution in [0, 0.1) is 17.2 Å². The number of nitriles is 1. The molecule has 2 aromatic rings. The van der Waals surface area contributed by atoms with Crippen molar-refractivity contribution in [1.82, 2.24) is 10.3 Å². The van der Waals surface area contributed by atoms with Crippen molar-refractivity contribution in [1.29, 1.82) is 5.26 Å². The normalized spacial score (nSPS) is 21.0. The number of benzene rings is 1. The van der Waals surface area contributed by atoms with Gasteiger partial charge in [-0.25, -0.2) is 0 Å². The topological polar surface area (TPSA) is 73.9 Å². The minimum Gasteiger partial charge on any atom is -0.431 e. The monoisotopic (exact) mass is 308 g/mol. The Balaban J connectivity index is 1.72. The van der Waals surface area contributed by atoms with Gasteiger partial charge in [0.2, 0.25) is 0 Å². The van der Waals surface area contributed by atoms with E-state index in [9.17, 15) is 13.2 Å². The van der Waals surface area contributed by atoms with Gasteiger partial charge in [0.1, 0.15) is 12.0 Å². The molecule has 0 aliphatic carbocycles. The van der Waals surface area contributed by atoms with Crippen molar-refractivity contribution < 1.29 is 17.6 Å². The predicted octanol–water partition coefficient (Wildman–Crippen LogP) is 2.84. The molecule has 1 unspecified atom stereocenters. The largest absolute Gasteiger partial charge is 0.431 e. The number of halogens is 3. The summed E-state index contributed by atoms with van der Waals surface area (Å²) >= 11 is 0. The summed E-state index contributed by atoms with van der Waals surface area (Å²) in [6.07, 6.45) is -3.24. The van der Waals surface area contributed by atoms with Gasteiger partial charge < -0.3 is 9.73 Å². The molecule has 1 fully saturated rings. The van der Waals surface area contributed by atoms with E-state index in [1.807, 2.05) is 0 Å². The lowest BCUT2D eigenvalue weighted by atomic mass is 10.0. The fraction of sp³-hybridized carbons (Fsp3) is 0.286. The van der Waals surface area contributed by atoms with Crippen molar-refractivity contribution >= 4 is 6.01 Å². The molecule has 1 aromatic heterocycles. The first-order valence-electron chi connectivity index (χ1n) is 6.50. The average Bonchev–Trinajstić information content (AvgIpc) is 2.92. The molecule has 0 radical (unpaired) electrons. The summed E-state index contributed by atoms with van der Waals surface area (Å²) < 4.78 is 42.7. The van der Waals surface area contributed by atoms with Gasteiger partial charge in [-0.2, -0.15) is 23.4 Å². The summed E-state index contributed by atoms with van der Waals surface area (Å²) in [5.41, 5.74) is 0.223. The quantitative estimate of drug-likeness (QED) is 0.912. The summed E-state index contributed by atoms with van der Waals surface area (Å²) in [4.78, 5) is 4.15. The van der Waals surface area contributed by atoms with Crippen LogP contribution in [0.1, 0.15) is 5.56 Å². The highest BCUT2D eigenvalue weighted by Crippen LogP contribution is 2.31. The second kappa shape index (κ2) is 5.35. The fourth-order valence-electron chi connectivity index (χ4n) is 2.06. The molecule has 0 amide bonds. The third-order valence-corrected chi connectivity index (χ3v) is 3.42. The standard InChI is InChI=1S/C14H11F3N4O/c15-14(16,17)10-3-1-8(2-4-10)11-7-22-13(20-11)21-12-9(5-18)6-19-12/h1-4,7,9,12,19H,6H2,(H,20,21)/t9?,12-/m0/s1. The summed E-state index contributed by atoms with van der Waals surface area (Å²) in [6.45, 7) is 0.598. The molecule has 1 aliphatic rings. The van der Waals surface area contributed by atoms with Gasteiger partial charge >= 0.3 is 6.18 Å². The SMILES string of the molecule is N#CC1CN[C@H]1Nc1nc(-c2ccc(C(F)(F)F)cc2)co1. The van der Waals surface area contributed by atoms with Gasteiger partial charge in [0.05, 0.1) is 23.7 Å². The molecular formula is C14H11F3N4O. The average molecular weight is 308 g/mol. The molecule has 2 N–H and O–H groups in total. The van der Waals surface area contributed by atoms with Crippen LogP contribution in [0.15, 0.2) is 34.9 Å². The lowest BCUT2D eigenvalue weighted by molar-refractivity contribution is -0.137. The Morgan fingerprint density at radius 2 is 2.05 bits per heavy atom. The molecule has 0 saturated carbocycles. The van der Waals surface area contributed by atoms with E-state index in [1.54, 1.807) is 0 Å². The van der Waals surface area contributed by atoms with Crippen LogP contribution in [0.5, 0.6) is 0 Å². The van der Waals surface area contributed by atoms with Gasteiger partial charge in [0, 0.05) is 12.1 Å². The van der Waals surface area contributed by atoms with Crippen molar-refractivity contribution in [3.63, 3.8) is 0 Å². The number of rotatable bonds is 3. The minimum atomic E-state index is -4.36. The molecule has 114 valence electrons. The van der Waals surface area contributed by atoms with Gasteiger partial charge in [-0.1, -0.05) is 12.1 Å². The lowest BCUT2D eigenvalue weighted by Gasteiger charge is -2.32. The molecule has 3 rings (SSSR count). The van der Waals surface area contributed by atoms with Crippen LogP contribution in [0.2, 0.25) is 0 Å². The van der Waals surface area contributed by atoms with Gasteiger partial charge in [-0.05, 0) is 12.1 Å². The maximum Gasteiger partial charge on any atom is 0.416 e. The zero-order valence-electron chi connectivity index (χ0n) is 11.2. The van der Waals surface area contributed by atoms with E-state index in [-0.39, 0.29) is 18.1 Å². The molecule has 2 atom stereocenters. The second-order valence-electron chi connectivity index (χ2n) is 4.88. The van der Waals surface area contributed by atoms with E-state index < -0.39 is 11.7 Å². The third-order valence-electron chi connectivity index (χ3n) is 3.42. The predicted molar refractivity (Wildman–Crippen MR) is 71.5 cm³/mol. The van der Waals surface area contributed by atoms with Crippen LogP contribution in [-0.2, 0) is 6.18 Å². The fourth-order valence-corrected chi connectivity index (χ4v) is 2.06. The Morgan fingerprint density at radius 1 is 1.32 bits per heavy atom. The number of hydrogen-bond acceptors (Lipinski definition) is 5. The first kappa shape index (κ1) is 14.4. The van der Waals surface area contributed by atoms with E-state index in [0.717, 1.165) is 12.1 Å². The second-order valence-corrected chi connectivity index (χ2v) is 4.88. The number of nitrogens with one attached hydrogen (secondary N) is 2. The van der Waals surface area contributed by atoms with E-state index >= 15 is 0 Å². The highest BCUT2D eigenvalue weighted by atomic mass is 19.4. The number of anilines is 1. The van der Waals surface area contributed by atoms with Crippen LogP contribution in [0.3, 0.4) is 0 Å². The van der Waals surface area contributed by atoms with Crippen molar-refractivity contribution in [3.05, 3.63) is 36.1 Å². The molecule has 1 saturated heterocycles. The van der Waals surface area contributed by atoms with Crippen molar-refractivity contribution in [2.45, 2.75) is 12.3 Å². The molecule has 5 nitrogen and oxygen atoms in total. The summed E-state index contributed by atoms with van der Waals surface area (Å²) in [5.74, 6) is -0.165. The summed E-state index contributed by atoms with van der Waals surface area (Å²) in [5, 5.41) is 14.8. The first-order valence-corrected chi connectivity index (χ1v) is 6.50. The van der Waals surface area contributed by atoms with Crippen LogP contribution < -0.4 is 10.6 Å². The third kappa shape index (κ3) is 2.76. The summed E-state index contributed by atoms with van der Waals surface area (Å²) in [6, 6.07) is 7.01. The Bertz CT molecular complexity index is 702. The zero-order chi connectivity index (χ0) is 15.7. The van der Waals surface area contributed by atoms with Crippen LogP contribution in [0.25, 0.3) is 11.3 Å². The Morgan fingerprint density at radius 3 is 2.59 bits per heavy atom. The number of aromatic nitrogens is 1. The molecular weight excluding hydrogens is 297 g/mol. The van der Waals surface area contributed by atoms with Crippen molar-refractivity contribution in [2.24, 2.45) is 5.92 Å². The molecule has 0 spiro atoms. The summed E-state index contributed by atoms with van der Waals surface area (Å²) in [7, 11) is 0. The van der Waals surface area contributed by atoms with E-state index in [0.29, 0.717) is 17.8 Å². The maximum absolute atomic E-state index is 12.5. The van der Waals surface area contributed by atoms with Gasteiger partial charge in [0.15, 0.2) is 0 Å². The number of alkyl halides is 3. The van der Waals surface area contributed by atoms with Gasteiger partial charge in [-0.15, -0.1) is 0 Å². The number of nitrogens with zero attached hydrogens (tertiary/aromatic N) is 2. The molecule has 22 heavy (non-hydrogen) atoms. The van der Waals surface area contributed by atoms with E-state index in [4.69, 9.17) is 9.68 Å².